The first-order chi connectivity index (χ1) is 12.9. The topological polar surface area (TPSA) is 105 Å². The first kappa shape index (κ1) is 19.4. The standard InChI is InChI=1S/C19H28N4O4/c1-12-8-16(22-27-12)10-20-18(25)14-4-3-5-15(11-23(2)17(24)9-14)21-19(26)13-6-7-13/h8,13-15H,3-7,9-11H2,1-2H3,(H,20,25)(H,21,26)/t14-,15-/m1/s1. The van der Waals surface area contributed by atoms with E-state index in [-0.39, 0.29) is 48.6 Å². The molecule has 27 heavy (non-hydrogen) atoms. The van der Waals surface area contributed by atoms with E-state index in [1.807, 2.05) is 0 Å². The molecular weight excluding hydrogens is 348 g/mol. The number of hydrogen-bond donors (Lipinski definition) is 2. The van der Waals surface area contributed by atoms with Crippen molar-refractivity contribution in [1.29, 1.82) is 0 Å². The molecule has 148 valence electrons. The molecule has 0 bridgehead atoms. The summed E-state index contributed by atoms with van der Waals surface area (Å²) in [6, 6.07) is 1.72. The van der Waals surface area contributed by atoms with Crippen molar-refractivity contribution in [2.24, 2.45) is 11.8 Å². The van der Waals surface area contributed by atoms with Crippen LogP contribution in [0.5, 0.6) is 0 Å². The Balaban J connectivity index is 1.54. The fraction of sp³-hybridized carbons (Fsp3) is 0.684. The number of nitrogens with zero attached hydrogens (tertiary/aromatic N) is 2. The van der Waals surface area contributed by atoms with E-state index in [1.165, 1.54) is 0 Å². The van der Waals surface area contributed by atoms with Gasteiger partial charge >= 0.3 is 0 Å². The minimum Gasteiger partial charge on any atom is -0.361 e. The number of amides is 3. The van der Waals surface area contributed by atoms with Crippen LogP contribution in [0.2, 0.25) is 0 Å². The number of likely N-dealkylation sites (N-methyl/N-ethyl adjacent to an activating group) is 1. The second-order valence-electron chi connectivity index (χ2n) is 7.73. The Morgan fingerprint density at radius 3 is 2.67 bits per heavy atom. The van der Waals surface area contributed by atoms with Gasteiger partial charge in [-0.15, -0.1) is 0 Å². The minimum atomic E-state index is -0.370. The molecule has 8 heteroatoms. The molecule has 2 aliphatic rings. The molecule has 0 spiro atoms. The van der Waals surface area contributed by atoms with Crippen molar-refractivity contribution in [3.05, 3.63) is 17.5 Å². The molecular formula is C19H28N4O4. The summed E-state index contributed by atoms with van der Waals surface area (Å²) >= 11 is 0. The van der Waals surface area contributed by atoms with Gasteiger partial charge in [-0.25, -0.2) is 0 Å². The Hall–Kier alpha value is -2.38. The first-order valence-electron chi connectivity index (χ1n) is 9.66. The summed E-state index contributed by atoms with van der Waals surface area (Å²) in [4.78, 5) is 38.7. The van der Waals surface area contributed by atoms with Crippen LogP contribution in [0.4, 0.5) is 0 Å². The largest absolute Gasteiger partial charge is 0.361 e. The van der Waals surface area contributed by atoms with Gasteiger partial charge in [-0.3, -0.25) is 14.4 Å². The third kappa shape index (κ3) is 5.55. The van der Waals surface area contributed by atoms with Crippen LogP contribution in [0.1, 0.15) is 50.0 Å². The van der Waals surface area contributed by atoms with Crippen LogP contribution >= 0.6 is 0 Å². The molecule has 1 aromatic heterocycles. The summed E-state index contributed by atoms with van der Waals surface area (Å²) in [5.41, 5.74) is 0.662. The van der Waals surface area contributed by atoms with Crippen LogP contribution in [0, 0.1) is 18.8 Å². The molecule has 1 aromatic rings. The average molecular weight is 376 g/mol. The van der Waals surface area contributed by atoms with Crippen molar-refractivity contribution in [2.75, 3.05) is 13.6 Å². The zero-order chi connectivity index (χ0) is 19.4. The summed E-state index contributed by atoms with van der Waals surface area (Å²) in [7, 11) is 1.73. The van der Waals surface area contributed by atoms with Gasteiger partial charge in [0.15, 0.2) is 0 Å². The highest BCUT2D eigenvalue weighted by atomic mass is 16.5. The lowest BCUT2D eigenvalue weighted by atomic mass is 9.96. The smallest absolute Gasteiger partial charge is 0.223 e. The fourth-order valence-corrected chi connectivity index (χ4v) is 3.43. The van der Waals surface area contributed by atoms with E-state index in [9.17, 15) is 14.4 Å². The van der Waals surface area contributed by atoms with Crippen LogP contribution in [0.3, 0.4) is 0 Å². The van der Waals surface area contributed by atoms with Crippen molar-refractivity contribution >= 4 is 17.7 Å². The molecule has 2 fully saturated rings. The lowest BCUT2D eigenvalue weighted by molar-refractivity contribution is -0.135. The van der Waals surface area contributed by atoms with Gasteiger partial charge in [0.1, 0.15) is 11.5 Å². The zero-order valence-corrected chi connectivity index (χ0v) is 16.0. The number of nitrogens with one attached hydrogen (secondary N) is 2. The zero-order valence-electron chi connectivity index (χ0n) is 16.0. The predicted octanol–water partition coefficient (Wildman–Crippen LogP) is 1.14. The quantitative estimate of drug-likeness (QED) is 0.802. The summed E-state index contributed by atoms with van der Waals surface area (Å²) in [6.07, 6.45) is 4.28. The number of rotatable bonds is 5. The number of aryl methyl sites for hydroxylation is 1. The molecule has 1 saturated heterocycles. The van der Waals surface area contributed by atoms with Gasteiger partial charge in [0.2, 0.25) is 17.7 Å². The van der Waals surface area contributed by atoms with E-state index in [1.54, 1.807) is 24.9 Å². The molecule has 3 rings (SSSR count). The second kappa shape index (κ2) is 8.54. The van der Waals surface area contributed by atoms with Gasteiger partial charge in [-0.2, -0.15) is 0 Å². The predicted molar refractivity (Wildman–Crippen MR) is 97.3 cm³/mol. The van der Waals surface area contributed by atoms with E-state index in [2.05, 4.69) is 15.8 Å². The van der Waals surface area contributed by atoms with Crippen LogP contribution in [-0.2, 0) is 20.9 Å². The Labute approximate surface area is 159 Å². The number of carbonyl (C=O) groups excluding carboxylic acids is 3. The van der Waals surface area contributed by atoms with Crippen LogP contribution in [-0.4, -0.2) is 47.4 Å². The van der Waals surface area contributed by atoms with E-state index in [0.29, 0.717) is 24.4 Å². The van der Waals surface area contributed by atoms with Gasteiger partial charge in [-0.1, -0.05) is 11.6 Å². The molecule has 0 radical (unpaired) electrons. The van der Waals surface area contributed by atoms with Crippen LogP contribution in [0.25, 0.3) is 0 Å². The van der Waals surface area contributed by atoms with E-state index < -0.39 is 0 Å². The maximum absolute atomic E-state index is 12.6. The summed E-state index contributed by atoms with van der Waals surface area (Å²) in [5, 5.41) is 9.78. The van der Waals surface area contributed by atoms with Gasteiger partial charge in [0.05, 0.1) is 6.54 Å². The molecule has 2 heterocycles. The molecule has 8 nitrogen and oxygen atoms in total. The van der Waals surface area contributed by atoms with Crippen LogP contribution < -0.4 is 10.6 Å². The van der Waals surface area contributed by atoms with Gasteiger partial charge in [0.25, 0.3) is 0 Å². The normalized spacial score (nSPS) is 23.9. The highest BCUT2D eigenvalue weighted by Gasteiger charge is 2.32. The van der Waals surface area contributed by atoms with Crippen molar-refractivity contribution in [3.8, 4) is 0 Å². The van der Waals surface area contributed by atoms with Gasteiger partial charge in [0, 0.05) is 44.0 Å². The third-order valence-electron chi connectivity index (χ3n) is 5.23. The van der Waals surface area contributed by atoms with Crippen molar-refractivity contribution in [1.82, 2.24) is 20.7 Å². The highest BCUT2D eigenvalue weighted by Crippen LogP contribution is 2.29. The average Bonchev–Trinajstić information content (AvgIpc) is 3.39. The number of hydrogen-bond acceptors (Lipinski definition) is 5. The van der Waals surface area contributed by atoms with Gasteiger partial charge in [-0.05, 0) is 32.6 Å². The van der Waals surface area contributed by atoms with Crippen molar-refractivity contribution in [2.45, 2.75) is 58.0 Å². The summed E-state index contributed by atoms with van der Waals surface area (Å²) < 4.78 is 4.99. The maximum Gasteiger partial charge on any atom is 0.223 e. The number of carbonyl (C=O) groups is 3. The lowest BCUT2D eigenvalue weighted by Gasteiger charge is -2.24. The molecule has 0 unspecified atom stereocenters. The SMILES string of the molecule is Cc1cc(CNC(=O)[C@@H]2CCC[C@@H](NC(=O)C3CC3)CN(C)C(=O)C2)no1. The van der Waals surface area contributed by atoms with E-state index in [4.69, 9.17) is 4.52 Å². The lowest BCUT2D eigenvalue weighted by Crippen LogP contribution is -2.44. The Bertz CT molecular complexity index is 698. The Morgan fingerprint density at radius 2 is 2.00 bits per heavy atom. The van der Waals surface area contributed by atoms with Crippen LogP contribution in [0.15, 0.2) is 10.6 Å². The maximum atomic E-state index is 12.6. The molecule has 3 amide bonds. The minimum absolute atomic E-state index is 0.0491. The Morgan fingerprint density at radius 1 is 1.22 bits per heavy atom. The molecule has 2 N–H and O–H groups in total. The monoisotopic (exact) mass is 376 g/mol. The molecule has 1 aliphatic carbocycles. The Kier molecular flexibility index (Phi) is 6.13. The van der Waals surface area contributed by atoms with Crippen molar-refractivity contribution < 1.29 is 18.9 Å². The third-order valence-corrected chi connectivity index (χ3v) is 5.23. The van der Waals surface area contributed by atoms with Gasteiger partial charge < -0.3 is 20.1 Å². The first-order valence-corrected chi connectivity index (χ1v) is 9.66. The second-order valence-corrected chi connectivity index (χ2v) is 7.73. The fourth-order valence-electron chi connectivity index (χ4n) is 3.43. The number of aromatic nitrogens is 1. The summed E-state index contributed by atoms with van der Waals surface area (Å²) in [6.45, 7) is 2.57. The molecule has 2 atom stereocenters. The molecule has 1 saturated carbocycles. The molecule has 1 aliphatic heterocycles. The summed E-state index contributed by atoms with van der Waals surface area (Å²) in [5.74, 6) is 0.358. The van der Waals surface area contributed by atoms with E-state index in [0.717, 1.165) is 25.7 Å². The highest BCUT2D eigenvalue weighted by molar-refractivity contribution is 5.86. The van der Waals surface area contributed by atoms with E-state index >= 15 is 0 Å². The van der Waals surface area contributed by atoms with Crippen molar-refractivity contribution in [3.63, 3.8) is 0 Å². The molecule has 0 aromatic carbocycles.